The molecule has 0 fully saturated rings. The number of anilines is 1. The van der Waals surface area contributed by atoms with Gasteiger partial charge in [0.25, 0.3) is 5.91 Å². The number of carbonyl (C=O) groups is 2. The molecule has 28 heavy (non-hydrogen) atoms. The van der Waals surface area contributed by atoms with Crippen molar-refractivity contribution in [3.63, 3.8) is 0 Å². The maximum atomic E-state index is 12.5. The van der Waals surface area contributed by atoms with Gasteiger partial charge in [-0.05, 0) is 36.8 Å². The SMILES string of the molecule is COc1cc(OC)cc(C(=O)NCCN(C(C)=O)c2cc(C)ccc2OC)c1. The molecule has 0 aliphatic heterocycles. The van der Waals surface area contributed by atoms with Gasteiger partial charge < -0.3 is 24.4 Å². The summed E-state index contributed by atoms with van der Waals surface area (Å²) >= 11 is 0. The van der Waals surface area contributed by atoms with Gasteiger partial charge in [0.1, 0.15) is 17.2 Å². The first-order valence-electron chi connectivity index (χ1n) is 8.83. The number of methoxy groups -OCH3 is 3. The molecule has 1 N–H and O–H groups in total. The lowest BCUT2D eigenvalue weighted by atomic mass is 10.1. The largest absolute Gasteiger partial charge is 0.497 e. The lowest BCUT2D eigenvalue weighted by Gasteiger charge is -2.24. The van der Waals surface area contributed by atoms with Crippen LogP contribution in [0.1, 0.15) is 22.8 Å². The zero-order chi connectivity index (χ0) is 20.7. The predicted octanol–water partition coefficient (Wildman–Crippen LogP) is 2.80. The third-order valence-electron chi connectivity index (χ3n) is 4.24. The molecular weight excluding hydrogens is 360 g/mol. The molecule has 0 aliphatic carbocycles. The normalized spacial score (nSPS) is 10.2. The van der Waals surface area contributed by atoms with Gasteiger partial charge in [0.2, 0.25) is 5.91 Å². The minimum absolute atomic E-state index is 0.138. The molecule has 0 spiro atoms. The number of rotatable bonds is 8. The van der Waals surface area contributed by atoms with Crippen LogP contribution in [0.15, 0.2) is 36.4 Å². The number of aryl methyl sites for hydroxylation is 1. The lowest BCUT2D eigenvalue weighted by Crippen LogP contribution is -2.37. The van der Waals surface area contributed by atoms with Crippen molar-refractivity contribution in [3.8, 4) is 17.2 Å². The second-order valence-corrected chi connectivity index (χ2v) is 6.20. The molecule has 0 atom stereocenters. The van der Waals surface area contributed by atoms with Gasteiger partial charge in [-0.1, -0.05) is 6.07 Å². The molecule has 2 rings (SSSR count). The number of carbonyl (C=O) groups excluding carboxylic acids is 2. The van der Waals surface area contributed by atoms with Crippen molar-refractivity contribution in [2.24, 2.45) is 0 Å². The van der Waals surface area contributed by atoms with Crippen LogP contribution in [0.2, 0.25) is 0 Å². The summed E-state index contributed by atoms with van der Waals surface area (Å²) in [5, 5.41) is 2.82. The quantitative estimate of drug-likeness (QED) is 0.755. The van der Waals surface area contributed by atoms with E-state index in [9.17, 15) is 9.59 Å². The fourth-order valence-corrected chi connectivity index (χ4v) is 2.78. The fourth-order valence-electron chi connectivity index (χ4n) is 2.78. The standard InChI is InChI=1S/C21H26N2O5/c1-14-6-7-20(28-5)19(10-14)23(15(2)24)9-8-22-21(25)16-11-17(26-3)13-18(12-16)27-4/h6-7,10-13H,8-9H2,1-5H3,(H,22,25). The zero-order valence-electron chi connectivity index (χ0n) is 16.9. The van der Waals surface area contributed by atoms with Crippen molar-refractivity contribution in [2.75, 3.05) is 39.3 Å². The molecule has 2 aromatic carbocycles. The van der Waals surface area contributed by atoms with E-state index >= 15 is 0 Å². The molecule has 2 amide bonds. The molecule has 0 aliphatic rings. The highest BCUT2D eigenvalue weighted by Crippen LogP contribution is 2.29. The van der Waals surface area contributed by atoms with Crippen LogP contribution in [0.3, 0.4) is 0 Å². The Morgan fingerprint density at radius 1 is 0.964 bits per heavy atom. The summed E-state index contributed by atoms with van der Waals surface area (Å²) < 4.78 is 15.7. The maximum Gasteiger partial charge on any atom is 0.251 e. The Labute approximate surface area is 165 Å². The summed E-state index contributed by atoms with van der Waals surface area (Å²) in [5.74, 6) is 1.24. The average Bonchev–Trinajstić information content (AvgIpc) is 2.70. The van der Waals surface area contributed by atoms with Crippen LogP contribution in [0, 0.1) is 6.92 Å². The van der Waals surface area contributed by atoms with E-state index in [1.165, 1.54) is 21.1 Å². The number of nitrogens with one attached hydrogen (secondary N) is 1. The molecule has 7 nitrogen and oxygen atoms in total. The number of hydrogen-bond donors (Lipinski definition) is 1. The first-order chi connectivity index (χ1) is 13.4. The highest BCUT2D eigenvalue weighted by atomic mass is 16.5. The van der Waals surface area contributed by atoms with E-state index < -0.39 is 0 Å². The highest BCUT2D eigenvalue weighted by molar-refractivity contribution is 5.96. The number of benzene rings is 2. The summed E-state index contributed by atoms with van der Waals surface area (Å²) in [6.07, 6.45) is 0. The molecule has 7 heteroatoms. The molecule has 0 radical (unpaired) electrons. The molecule has 0 saturated carbocycles. The minimum Gasteiger partial charge on any atom is -0.497 e. The number of amides is 2. The van der Waals surface area contributed by atoms with Crippen molar-refractivity contribution < 1.29 is 23.8 Å². The zero-order valence-corrected chi connectivity index (χ0v) is 16.9. The van der Waals surface area contributed by atoms with E-state index in [1.807, 2.05) is 25.1 Å². The molecular formula is C21H26N2O5. The number of hydrogen-bond acceptors (Lipinski definition) is 5. The predicted molar refractivity (Wildman–Crippen MR) is 108 cm³/mol. The Bertz CT molecular complexity index is 828. The van der Waals surface area contributed by atoms with Crippen LogP contribution in [-0.4, -0.2) is 46.2 Å². The Morgan fingerprint density at radius 3 is 2.14 bits per heavy atom. The average molecular weight is 386 g/mol. The van der Waals surface area contributed by atoms with Crippen molar-refractivity contribution in [3.05, 3.63) is 47.5 Å². The van der Waals surface area contributed by atoms with E-state index in [4.69, 9.17) is 14.2 Å². The van der Waals surface area contributed by atoms with E-state index in [-0.39, 0.29) is 18.4 Å². The van der Waals surface area contributed by atoms with Crippen LogP contribution in [0.25, 0.3) is 0 Å². The van der Waals surface area contributed by atoms with Gasteiger partial charge in [-0.15, -0.1) is 0 Å². The molecule has 0 saturated heterocycles. The summed E-state index contributed by atoms with van der Waals surface area (Å²) in [7, 11) is 4.61. The topological polar surface area (TPSA) is 77.1 Å². The van der Waals surface area contributed by atoms with Crippen LogP contribution < -0.4 is 24.4 Å². The Hall–Kier alpha value is -3.22. The summed E-state index contributed by atoms with van der Waals surface area (Å²) in [6.45, 7) is 4.01. The van der Waals surface area contributed by atoms with Crippen LogP contribution in [-0.2, 0) is 4.79 Å². The molecule has 0 aromatic heterocycles. The Kier molecular flexibility index (Phi) is 7.26. The van der Waals surface area contributed by atoms with Gasteiger partial charge in [0.15, 0.2) is 0 Å². The van der Waals surface area contributed by atoms with E-state index in [2.05, 4.69) is 5.32 Å². The van der Waals surface area contributed by atoms with E-state index in [0.717, 1.165) is 5.56 Å². The Balaban J connectivity index is 2.11. The molecule has 2 aromatic rings. The highest BCUT2D eigenvalue weighted by Gasteiger charge is 2.17. The second-order valence-electron chi connectivity index (χ2n) is 6.20. The first kappa shape index (κ1) is 21.1. The molecule has 150 valence electrons. The summed E-state index contributed by atoms with van der Waals surface area (Å²) in [6, 6.07) is 10.6. The fraction of sp³-hybridized carbons (Fsp3) is 0.333. The van der Waals surface area contributed by atoms with Crippen LogP contribution >= 0.6 is 0 Å². The van der Waals surface area contributed by atoms with E-state index in [1.54, 1.807) is 30.2 Å². The summed E-state index contributed by atoms with van der Waals surface area (Å²) in [4.78, 5) is 26.2. The van der Waals surface area contributed by atoms with Crippen LogP contribution in [0.4, 0.5) is 5.69 Å². The third-order valence-corrected chi connectivity index (χ3v) is 4.24. The van der Waals surface area contributed by atoms with Crippen molar-refractivity contribution in [1.29, 1.82) is 0 Å². The van der Waals surface area contributed by atoms with Gasteiger partial charge in [0.05, 0.1) is 27.0 Å². The summed E-state index contributed by atoms with van der Waals surface area (Å²) in [5.41, 5.74) is 2.10. The van der Waals surface area contributed by atoms with E-state index in [0.29, 0.717) is 35.0 Å². The van der Waals surface area contributed by atoms with Crippen molar-refractivity contribution in [2.45, 2.75) is 13.8 Å². The molecule has 0 heterocycles. The van der Waals surface area contributed by atoms with Crippen molar-refractivity contribution in [1.82, 2.24) is 5.32 Å². The third kappa shape index (κ3) is 5.16. The van der Waals surface area contributed by atoms with Gasteiger partial charge in [0, 0.05) is 31.6 Å². The van der Waals surface area contributed by atoms with Gasteiger partial charge in [-0.3, -0.25) is 9.59 Å². The number of ether oxygens (including phenoxy) is 3. The molecule has 0 unspecified atom stereocenters. The van der Waals surface area contributed by atoms with Crippen LogP contribution in [0.5, 0.6) is 17.2 Å². The molecule has 0 bridgehead atoms. The smallest absolute Gasteiger partial charge is 0.251 e. The second kappa shape index (κ2) is 9.64. The van der Waals surface area contributed by atoms with Crippen molar-refractivity contribution >= 4 is 17.5 Å². The monoisotopic (exact) mass is 386 g/mol. The maximum absolute atomic E-state index is 12.5. The van der Waals surface area contributed by atoms with Gasteiger partial charge in [-0.2, -0.15) is 0 Å². The van der Waals surface area contributed by atoms with Gasteiger partial charge >= 0.3 is 0 Å². The first-order valence-corrected chi connectivity index (χ1v) is 8.83. The van der Waals surface area contributed by atoms with Gasteiger partial charge in [-0.25, -0.2) is 0 Å². The lowest BCUT2D eigenvalue weighted by molar-refractivity contribution is -0.116. The number of nitrogens with zero attached hydrogens (tertiary/aromatic N) is 1. The Morgan fingerprint density at radius 2 is 1.61 bits per heavy atom. The minimum atomic E-state index is -0.281.